The van der Waals surface area contributed by atoms with Crippen molar-refractivity contribution in [2.24, 2.45) is 17.8 Å². The van der Waals surface area contributed by atoms with Crippen LogP contribution in [0.3, 0.4) is 0 Å². The van der Waals surface area contributed by atoms with Crippen molar-refractivity contribution < 1.29 is 80.2 Å². The lowest BCUT2D eigenvalue weighted by Gasteiger charge is -2.21. The third-order valence-corrected chi connectivity index (χ3v) is 19.4. The largest absolute Gasteiger partial charge is 0.472 e. The number of rotatable bonds is 72. The minimum atomic E-state index is -4.96. The highest BCUT2D eigenvalue weighted by Crippen LogP contribution is 2.45. The molecule has 0 aromatic rings. The fraction of sp³-hybridized carbons (Fsp3) is 0.946. The first-order valence-corrected chi connectivity index (χ1v) is 41.4. The third kappa shape index (κ3) is 67.0. The second-order valence-electron chi connectivity index (χ2n) is 27.9. The van der Waals surface area contributed by atoms with E-state index in [0.29, 0.717) is 25.7 Å². The Bertz CT molecular complexity index is 1820. The first-order chi connectivity index (χ1) is 44.8. The van der Waals surface area contributed by atoms with E-state index in [2.05, 4.69) is 48.5 Å². The average molecular weight is 1370 g/mol. The lowest BCUT2D eigenvalue weighted by molar-refractivity contribution is -0.161. The van der Waals surface area contributed by atoms with Crippen LogP contribution in [0.5, 0.6) is 0 Å². The van der Waals surface area contributed by atoms with E-state index < -0.39 is 97.5 Å². The number of unbranched alkanes of at least 4 members (excludes halogenated alkanes) is 39. The summed E-state index contributed by atoms with van der Waals surface area (Å²) in [4.78, 5) is 72.7. The zero-order valence-corrected chi connectivity index (χ0v) is 62.5. The molecule has 17 nitrogen and oxygen atoms in total. The normalized spacial score (nSPS) is 14.4. The molecule has 3 unspecified atom stereocenters. The third-order valence-electron chi connectivity index (χ3n) is 17.5. The standard InChI is InChI=1S/C74H144O17P2/c1-8-10-11-12-13-14-18-27-34-41-48-55-71(76)84-62-70(91-74(79)58-51-44-37-30-23-25-32-39-46-53-66(5)6)64-89-93(82,83)87-60-68(75)59-86-92(80,81)88-63-69(61-85-72(77)56-49-42-35-28-22-21-26-33-40-47-54-67(7)9-2)90-73(78)57-50-43-36-29-20-17-15-16-19-24-31-38-45-52-65(3)4/h65-70,75H,8-64H2,1-7H3,(H,80,81)(H,82,83)/t67?,68-,69-,70-/m1/s1. The van der Waals surface area contributed by atoms with Crippen molar-refractivity contribution in [2.75, 3.05) is 39.6 Å². The molecular formula is C74H144O17P2. The Morgan fingerprint density at radius 2 is 0.548 bits per heavy atom. The summed E-state index contributed by atoms with van der Waals surface area (Å²) in [6, 6.07) is 0. The van der Waals surface area contributed by atoms with Gasteiger partial charge in [0.15, 0.2) is 12.2 Å². The van der Waals surface area contributed by atoms with E-state index in [-0.39, 0.29) is 25.7 Å². The van der Waals surface area contributed by atoms with Crippen LogP contribution >= 0.6 is 15.6 Å². The van der Waals surface area contributed by atoms with Gasteiger partial charge in [0.1, 0.15) is 19.3 Å². The molecule has 0 amide bonds. The quantitative estimate of drug-likeness (QED) is 0.0222. The lowest BCUT2D eigenvalue weighted by atomic mass is 9.99. The minimum Gasteiger partial charge on any atom is -0.462 e. The van der Waals surface area contributed by atoms with Gasteiger partial charge in [0.25, 0.3) is 0 Å². The molecule has 0 saturated heterocycles. The summed E-state index contributed by atoms with van der Waals surface area (Å²) in [5.41, 5.74) is 0. The predicted octanol–water partition coefficient (Wildman–Crippen LogP) is 21.4. The van der Waals surface area contributed by atoms with E-state index in [4.69, 9.17) is 37.0 Å². The van der Waals surface area contributed by atoms with Crippen molar-refractivity contribution in [3.8, 4) is 0 Å². The molecule has 19 heteroatoms. The van der Waals surface area contributed by atoms with Crippen LogP contribution in [-0.4, -0.2) is 96.7 Å². The van der Waals surface area contributed by atoms with Crippen LogP contribution in [0, 0.1) is 17.8 Å². The van der Waals surface area contributed by atoms with Gasteiger partial charge in [0.2, 0.25) is 0 Å². The molecule has 0 rings (SSSR count). The summed E-state index contributed by atoms with van der Waals surface area (Å²) < 4.78 is 68.5. The van der Waals surface area contributed by atoms with Gasteiger partial charge in [-0.05, 0) is 43.4 Å². The number of hydrogen-bond donors (Lipinski definition) is 3. The maximum atomic E-state index is 13.1. The van der Waals surface area contributed by atoms with E-state index in [1.54, 1.807) is 0 Å². The van der Waals surface area contributed by atoms with Crippen LogP contribution in [0.2, 0.25) is 0 Å². The molecule has 0 radical (unpaired) electrons. The summed E-state index contributed by atoms with van der Waals surface area (Å²) in [5, 5.41) is 10.6. The molecule has 552 valence electrons. The number of carbonyl (C=O) groups is 4. The highest BCUT2D eigenvalue weighted by Gasteiger charge is 2.30. The molecular weight excluding hydrogens is 1220 g/mol. The first kappa shape index (κ1) is 91.1. The number of aliphatic hydroxyl groups excluding tert-OH is 1. The number of carbonyl (C=O) groups excluding carboxylic acids is 4. The number of esters is 4. The zero-order chi connectivity index (χ0) is 68.7. The van der Waals surface area contributed by atoms with Gasteiger partial charge in [-0.15, -0.1) is 0 Å². The molecule has 0 aromatic heterocycles. The van der Waals surface area contributed by atoms with E-state index in [0.717, 1.165) is 108 Å². The Morgan fingerprint density at radius 1 is 0.312 bits per heavy atom. The predicted molar refractivity (Wildman–Crippen MR) is 377 cm³/mol. The molecule has 0 bridgehead atoms. The van der Waals surface area contributed by atoms with E-state index >= 15 is 0 Å². The molecule has 0 spiro atoms. The highest BCUT2D eigenvalue weighted by molar-refractivity contribution is 7.47. The summed E-state index contributed by atoms with van der Waals surface area (Å²) in [5.74, 6) is 0.213. The van der Waals surface area contributed by atoms with Crippen LogP contribution in [0.15, 0.2) is 0 Å². The monoisotopic (exact) mass is 1370 g/mol. The fourth-order valence-corrected chi connectivity index (χ4v) is 12.8. The summed E-state index contributed by atoms with van der Waals surface area (Å²) in [6.07, 6.45) is 49.8. The van der Waals surface area contributed by atoms with Gasteiger partial charge < -0.3 is 33.8 Å². The van der Waals surface area contributed by atoms with Crippen LogP contribution in [0.1, 0.15) is 376 Å². The number of ether oxygens (including phenoxy) is 4. The minimum absolute atomic E-state index is 0.105. The van der Waals surface area contributed by atoms with Gasteiger partial charge in [-0.25, -0.2) is 9.13 Å². The average Bonchev–Trinajstić information content (AvgIpc) is 2.68. The molecule has 0 fully saturated rings. The molecule has 0 aliphatic carbocycles. The van der Waals surface area contributed by atoms with Crippen molar-refractivity contribution >= 4 is 39.5 Å². The second kappa shape index (κ2) is 64.7. The van der Waals surface area contributed by atoms with Crippen molar-refractivity contribution in [1.29, 1.82) is 0 Å². The van der Waals surface area contributed by atoms with Gasteiger partial charge in [-0.2, -0.15) is 0 Å². The number of aliphatic hydroxyl groups is 1. The fourth-order valence-electron chi connectivity index (χ4n) is 11.2. The summed E-state index contributed by atoms with van der Waals surface area (Å²) in [6.45, 7) is 11.9. The van der Waals surface area contributed by atoms with E-state index in [1.807, 2.05) is 0 Å². The first-order valence-electron chi connectivity index (χ1n) is 38.4. The Kier molecular flexibility index (Phi) is 63.4. The van der Waals surface area contributed by atoms with Crippen molar-refractivity contribution in [2.45, 2.75) is 394 Å². The van der Waals surface area contributed by atoms with Crippen molar-refractivity contribution in [3.05, 3.63) is 0 Å². The number of phosphoric ester groups is 2. The SMILES string of the molecule is CCCCCCCCCCCCCC(=O)OC[C@H](COP(=O)(O)OC[C@H](O)COP(=O)(O)OC[C@@H](COC(=O)CCCCCCCCCCCCC(C)CC)OC(=O)CCCCCCCCCCCCCCCC(C)C)OC(=O)CCCCCCCCCCCC(C)C. The van der Waals surface area contributed by atoms with E-state index in [1.165, 1.54) is 186 Å². The van der Waals surface area contributed by atoms with Crippen molar-refractivity contribution in [1.82, 2.24) is 0 Å². The van der Waals surface area contributed by atoms with Crippen molar-refractivity contribution in [3.63, 3.8) is 0 Å². The smallest absolute Gasteiger partial charge is 0.462 e. The molecule has 0 aliphatic heterocycles. The topological polar surface area (TPSA) is 237 Å². The molecule has 0 saturated carbocycles. The summed E-state index contributed by atoms with van der Waals surface area (Å²) in [7, 11) is -9.91. The second-order valence-corrected chi connectivity index (χ2v) is 30.8. The van der Waals surface area contributed by atoms with E-state index in [9.17, 15) is 43.2 Å². The van der Waals surface area contributed by atoms with Gasteiger partial charge in [-0.3, -0.25) is 37.3 Å². The van der Waals surface area contributed by atoms with Gasteiger partial charge in [-0.1, -0.05) is 325 Å². The number of phosphoric acid groups is 2. The van der Waals surface area contributed by atoms with Gasteiger partial charge in [0.05, 0.1) is 26.4 Å². The lowest BCUT2D eigenvalue weighted by Crippen LogP contribution is -2.30. The Hall–Kier alpha value is -1.94. The molecule has 3 N–H and O–H groups in total. The molecule has 6 atom stereocenters. The Morgan fingerprint density at radius 3 is 0.817 bits per heavy atom. The van der Waals surface area contributed by atoms with Crippen LogP contribution in [0.25, 0.3) is 0 Å². The van der Waals surface area contributed by atoms with Crippen LogP contribution in [0.4, 0.5) is 0 Å². The summed E-state index contributed by atoms with van der Waals surface area (Å²) >= 11 is 0. The maximum Gasteiger partial charge on any atom is 0.472 e. The molecule has 0 heterocycles. The highest BCUT2D eigenvalue weighted by atomic mass is 31.2. The maximum absolute atomic E-state index is 13.1. The molecule has 93 heavy (non-hydrogen) atoms. The molecule has 0 aromatic carbocycles. The van der Waals surface area contributed by atoms with Gasteiger partial charge in [0, 0.05) is 25.7 Å². The number of hydrogen-bond acceptors (Lipinski definition) is 15. The van der Waals surface area contributed by atoms with Gasteiger partial charge >= 0.3 is 39.5 Å². The Labute approximate surface area is 568 Å². The van der Waals surface area contributed by atoms with Crippen LogP contribution < -0.4 is 0 Å². The zero-order valence-electron chi connectivity index (χ0n) is 60.7. The molecule has 0 aliphatic rings. The Balaban J connectivity index is 5.26. The van der Waals surface area contributed by atoms with Crippen LogP contribution in [-0.2, 0) is 65.4 Å².